The molecule has 0 bridgehead atoms. The molecule has 0 aromatic carbocycles. The molecule has 0 spiro atoms. The van der Waals surface area contributed by atoms with Crippen LogP contribution < -0.4 is 5.32 Å². The maximum atomic E-state index is 11.9. The summed E-state index contributed by atoms with van der Waals surface area (Å²) in [6, 6.07) is 0. The van der Waals surface area contributed by atoms with Gasteiger partial charge in [0.05, 0.1) is 0 Å². The van der Waals surface area contributed by atoms with Crippen LogP contribution in [0.25, 0.3) is 0 Å². The normalized spacial score (nSPS) is 14.4. The van der Waals surface area contributed by atoms with Gasteiger partial charge in [-0.1, -0.05) is 46.0 Å². The molecule has 3 nitrogen and oxygen atoms in total. The summed E-state index contributed by atoms with van der Waals surface area (Å²) in [5, 5.41) is 3.22. The van der Waals surface area contributed by atoms with Gasteiger partial charge in [-0.2, -0.15) is 0 Å². The Kier molecular flexibility index (Phi) is 9.94. The smallest absolute Gasteiger partial charge is 0.221 e. The van der Waals surface area contributed by atoms with Gasteiger partial charge < -0.3 is 10.2 Å². The first-order valence-corrected chi connectivity index (χ1v) is 7.89. The van der Waals surface area contributed by atoms with Crippen LogP contribution in [0.1, 0.15) is 72.1 Å². The van der Waals surface area contributed by atoms with Gasteiger partial charge in [0, 0.05) is 18.5 Å². The summed E-state index contributed by atoms with van der Waals surface area (Å²) in [5.41, 5.74) is -0.0182. The Morgan fingerprint density at radius 2 is 1.74 bits per heavy atom. The lowest BCUT2D eigenvalue weighted by Gasteiger charge is -2.30. The van der Waals surface area contributed by atoms with E-state index in [4.69, 9.17) is 0 Å². The van der Waals surface area contributed by atoms with E-state index in [0.29, 0.717) is 6.42 Å². The van der Waals surface area contributed by atoms with Crippen LogP contribution in [0.5, 0.6) is 0 Å². The molecular formula is C16H34N2O. The van der Waals surface area contributed by atoms with Crippen molar-refractivity contribution in [3.63, 3.8) is 0 Å². The Morgan fingerprint density at radius 3 is 2.26 bits per heavy atom. The minimum atomic E-state index is -0.0182. The van der Waals surface area contributed by atoms with Crippen LogP contribution in [0.4, 0.5) is 0 Å². The van der Waals surface area contributed by atoms with E-state index >= 15 is 0 Å². The molecule has 0 aliphatic heterocycles. The molecule has 0 fully saturated rings. The van der Waals surface area contributed by atoms with Crippen molar-refractivity contribution in [2.24, 2.45) is 0 Å². The molecule has 1 N–H and O–H groups in total. The third-order valence-electron chi connectivity index (χ3n) is 3.84. The number of rotatable bonds is 11. The highest BCUT2D eigenvalue weighted by Crippen LogP contribution is 2.19. The molecule has 0 aromatic heterocycles. The van der Waals surface area contributed by atoms with Crippen molar-refractivity contribution in [2.45, 2.75) is 77.7 Å². The van der Waals surface area contributed by atoms with Crippen LogP contribution in [0.15, 0.2) is 0 Å². The quantitative estimate of drug-likeness (QED) is 0.582. The molecule has 0 radical (unpaired) electrons. The van der Waals surface area contributed by atoms with E-state index in [1.165, 1.54) is 32.1 Å². The maximum absolute atomic E-state index is 11.9. The first kappa shape index (κ1) is 18.4. The second-order valence-electron chi connectivity index (χ2n) is 6.18. The average Bonchev–Trinajstić information content (AvgIpc) is 2.36. The zero-order valence-corrected chi connectivity index (χ0v) is 13.7. The van der Waals surface area contributed by atoms with Crippen molar-refractivity contribution < 1.29 is 4.79 Å². The van der Waals surface area contributed by atoms with Gasteiger partial charge in [0.1, 0.15) is 0 Å². The molecule has 3 heteroatoms. The SMILES string of the molecule is CCCCCCCC(C)(CC)NC(=O)CCN(C)C. The standard InChI is InChI=1S/C16H34N2O/c1-6-8-9-10-11-13-16(3,7-2)17-15(19)12-14-18(4)5/h6-14H2,1-5H3,(H,17,19). The van der Waals surface area contributed by atoms with E-state index in [-0.39, 0.29) is 11.4 Å². The van der Waals surface area contributed by atoms with E-state index in [9.17, 15) is 4.79 Å². The largest absolute Gasteiger partial charge is 0.351 e. The molecule has 0 aliphatic carbocycles. The lowest BCUT2D eigenvalue weighted by molar-refractivity contribution is -0.123. The first-order chi connectivity index (χ1) is 8.93. The van der Waals surface area contributed by atoms with Crippen molar-refractivity contribution in [3.8, 4) is 0 Å². The lowest BCUT2D eigenvalue weighted by Crippen LogP contribution is -2.46. The Morgan fingerprint density at radius 1 is 1.11 bits per heavy atom. The van der Waals surface area contributed by atoms with Crippen molar-refractivity contribution in [3.05, 3.63) is 0 Å². The van der Waals surface area contributed by atoms with Crippen LogP contribution in [0.2, 0.25) is 0 Å². The highest BCUT2D eigenvalue weighted by molar-refractivity contribution is 5.76. The number of nitrogens with zero attached hydrogens (tertiary/aromatic N) is 1. The molecule has 1 atom stereocenters. The number of nitrogens with one attached hydrogen (secondary N) is 1. The summed E-state index contributed by atoms with van der Waals surface area (Å²) >= 11 is 0. The number of carbonyl (C=O) groups is 1. The molecule has 0 saturated carbocycles. The molecule has 1 unspecified atom stereocenters. The van der Waals surface area contributed by atoms with E-state index in [1.54, 1.807) is 0 Å². The van der Waals surface area contributed by atoms with Crippen LogP contribution in [-0.2, 0) is 4.79 Å². The van der Waals surface area contributed by atoms with Gasteiger partial charge in [0.2, 0.25) is 5.91 Å². The Bertz CT molecular complexity index is 241. The molecule has 1 amide bonds. The van der Waals surface area contributed by atoms with E-state index in [1.807, 2.05) is 19.0 Å². The Labute approximate surface area is 120 Å². The molecule has 0 heterocycles. The second kappa shape index (κ2) is 10.2. The Balaban J connectivity index is 3.96. The lowest BCUT2D eigenvalue weighted by atomic mass is 9.91. The number of hydrogen-bond acceptors (Lipinski definition) is 2. The maximum Gasteiger partial charge on any atom is 0.221 e. The zero-order valence-electron chi connectivity index (χ0n) is 13.7. The zero-order chi connectivity index (χ0) is 14.7. The van der Waals surface area contributed by atoms with Gasteiger partial charge in [-0.15, -0.1) is 0 Å². The van der Waals surface area contributed by atoms with E-state index < -0.39 is 0 Å². The molecular weight excluding hydrogens is 236 g/mol. The van der Waals surface area contributed by atoms with Gasteiger partial charge in [-0.3, -0.25) is 4.79 Å². The molecule has 0 aromatic rings. The summed E-state index contributed by atoms with van der Waals surface area (Å²) in [6.07, 6.45) is 9.15. The van der Waals surface area contributed by atoms with E-state index in [0.717, 1.165) is 19.4 Å². The fourth-order valence-corrected chi connectivity index (χ4v) is 2.17. The van der Waals surface area contributed by atoms with Gasteiger partial charge in [-0.25, -0.2) is 0 Å². The number of carbonyl (C=O) groups excluding carboxylic acids is 1. The van der Waals surface area contributed by atoms with Gasteiger partial charge in [0.15, 0.2) is 0 Å². The van der Waals surface area contributed by atoms with Crippen molar-refractivity contribution in [1.29, 1.82) is 0 Å². The monoisotopic (exact) mass is 270 g/mol. The van der Waals surface area contributed by atoms with Crippen LogP contribution >= 0.6 is 0 Å². The van der Waals surface area contributed by atoms with Crippen molar-refractivity contribution >= 4 is 5.91 Å². The van der Waals surface area contributed by atoms with Crippen LogP contribution in [0.3, 0.4) is 0 Å². The van der Waals surface area contributed by atoms with Crippen LogP contribution in [-0.4, -0.2) is 37.0 Å². The average molecular weight is 270 g/mol. The molecule has 0 rings (SSSR count). The third-order valence-corrected chi connectivity index (χ3v) is 3.84. The third kappa shape index (κ3) is 9.94. The van der Waals surface area contributed by atoms with Gasteiger partial charge in [-0.05, 0) is 33.9 Å². The predicted octanol–water partition coefficient (Wildman–Crippen LogP) is 3.58. The van der Waals surface area contributed by atoms with Crippen molar-refractivity contribution in [1.82, 2.24) is 10.2 Å². The highest BCUT2D eigenvalue weighted by Gasteiger charge is 2.23. The minimum Gasteiger partial charge on any atom is -0.351 e. The molecule has 114 valence electrons. The molecule has 0 aliphatic rings. The summed E-state index contributed by atoms with van der Waals surface area (Å²) in [5.74, 6) is 0.187. The topological polar surface area (TPSA) is 32.3 Å². The second-order valence-corrected chi connectivity index (χ2v) is 6.18. The van der Waals surface area contributed by atoms with Gasteiger partial charge >= 0.3 is 0 Å². The predicted molar refractivity (Wildman–Crippen MR) is 83.4 cm³/mol. The summed E-state index contributed by atoms with van der Waals surface area (Å²) < 4.78 is 0. The van der Waals surface area contributed by atoms with Gasteiger partial charge in [0.25, 0.3) is 0 Å². The van der Waals surface area contributed by atoms with E-state index in [2.05, 4.69) is 26.1 Å². The fraction of sp³-hybridized carbons (Fsp3) is 0.938. The minimum absolute atomic E-state index is 0.0182. The Hall–Kier alpha value is -0.570. The number of amides is 1. The first-order valence-electron chi connectivity index (χ1n) is 7.89. The number of hydrogen-bond donors (Lipinski definition) is 1. The summed E-state index contributed by atoms with van der Waals surface area (Å²) in [4.78, 5) is 14.0. The number of unbranched alkanes of at least 4 members (excludes halogenated alkanes) is 4. The molecule has 0 saturated heterocycles. The van der Waals surface area contributed by atoms with Crippen molar-refractivity contribution in [2.75, 3.05) is 20.6 Å². The molecule has 19 heavy (non-hydrogen) atoms. The summed E-state index contributed by atoms with van der Waals surface area (Å²) in [6.45, 7) is 7.40. The highest BCUT2D eigenvalue weighted by atomic mass is 16.1. The fourth-order valence-electron chi connectivity index (χ4n) is 2.17. The van der Waals surface area contributed by atoms with Crippen LogP contribution in [0, 0.1) is 0 Å². The summed E-state index contributed by atoms with van der Waals surface area (Å²) in [7, 11) is 4.00.